The van der Waals surface area contributed by atoms with Crippen LogP contribution in [0.3, 0.4) is 0 Å². The standard InChI is InChI=1S/C14H11BrN4O2/c1-8-6-12-17-13(14(16)18(12)7-10(8)15)9-4-2-3-5-11(9)19(20)21/h2-7H,16H2,1H3. The molecule has 7 heteroatoms. The summed E-state index contributed by atoms with van der Waals surface area (Å²) >= 11 is 3.44. The van der Waals surface area contributed by atoms with Crippen LogP contribution in [0.15, 0.2) is 41.0 Å². The molecular formula is C14H11BrN4O2. The van der Waals surface area contributed by atoms with Crippen molar-refractivity contribution in [2.24, 2.45) is 0 Å². The Bertz CT molecular complexity index is 873. The van der Waals surface area contributed by atoms with Gasteiger partial charge in [0.25, 0.3) is 5.69 Å². The molecule has 0 bridgehead atoms. The molecule has 2 N–H and O–H groups in total. The van der Waals surface area contributed by atoms with Crippen molar-refractivity contribution in [1.82, 2.24) is 9.38 Å². The summed E-state index contributed by atoms with van der Waals surface area (Å²) < 4.78 is 2.61. The van der Waals surface area contributed by atoms with Crippen LogP contribution in [-0.2, 0) is 0 Å². The first kappa shape index (κ1) is 13.6. The van der Waals surface area contributed by atoms with Crippen molar-refractivity contribution >= 4 is 33.1 Å². The summed E-state index contributed by atoms with van der Waals surface area (Å²) in [5.41, 5.74) is 8.61. The number of nitro groups is 1. The van der Waals surface area contributed by atoms with E-state index in [-0.39, 0.29) is 5.69 Å². The van der Waals surface area contributed by atoms with E-state index in [0.29, 0.717) is 22.7 Å². The molecule has 2 heterocycles. The van der Waals surface area contributed by atoms with Crippen LogP contribution in [0, 0.1) is 17.0 Å². The second kappa shape index (κ2) is 4.85. The monoisotopic (exact) mass is 346 g/mol. The number of aromatic nitrogens is 2. The van der Waals surface area contributed by atoms with E-state index in [9.17, 15) is 10.1 Å². The molecule has 0 aliphatic rings. The number of hydrogen-bond donors (Lipinski definition) is 1. The smallest absolute Gasteiger partial charge is 0.278 e. The van der Waals surface area contributed by atoms with Crippen molar-refractivity contribution in [3.8, 4) is 11.3 Å². The summed E-state index contributed by atoms with van der Waals surface area (Å²) in [7, 11) is 0. The number of aryl methyl sites for hydroxylation is 1. The van der Waals surface area contributed by atoms with Gasteiger partial charge in [-0.15, -0.1) is 0 Å². The van der Waals surface area contributed by atoms with Crippen molar-refractivity contribution in [1.29, 1.82) is 0 Å². The molecule has 0 spiro atoms. The van der Waals surface area contributed by atoms with Crippen molar-refractivity contribution in [2.75, 3.05) is 5.73 Å². The summed E-state index contributed by atoms with van der Waals surface area (Å²) in [6, 6.07) is 8.32. The Morgan fingerprint density at radius 1 is 1.38 bits per heavy atom. The van der Waals surface area contributed by atoms with Gasteiger partial charge in [0, 0.05) is 16.7 Å². The number of nitrogen functional groups attached to an aromatic ring is 1. The van der Waals surface area contributed by atoms with E-state index in [1.54, 1.807) is 22.6 Å². The fourth-order valence-electron chi connectivity index (χ4n) is 2.21. The highest BCUT2D eigenvalue weighted by molar-refractivity contribution is 9.10. The average Bonchev–Trinajstić information content (AvgIpc) is 2.76. The molecule has 0 aliphatic carbocycles. The molecule has 1 aromatic carbocycles. The first-order valence-electron chi connectivity index (χ1n) is 6.16. The van der Waals surface area contributed by atoms with Crippen LogP contribution in [0.4, 0.5) is 11.5 Å². The zero-order chi connectivity index (χ0) is 15.1. The fourth-order valence-corrected chi connectivity index (χ4v) is 2.53. The largest absolute Gasteiger partial charge is 0.383 e. The molecule has 3 rings (SSSR count). The minimum atomic E-state index is -0.431. The Kier molecular flexibility index (Phi) is 3.13. The van der Waals surface area contributed by atoms with Crippen molar-refractivity contribution in [3.05, 3.63) is 56.7 Å². The number of nitrogens with zero attached hydrogens (tertiary/aromatic N) is 3. The molecule has 0 fully saturated rings. The molecule has 0 radical (unpaired) electrons. The van der Waals surface area contributed by atoms with E-state index in [0.717, 1.165) is 10.0 Å². The van der Waals surface area contributed by atoms with E-state index in [4.69, 9.17) is 5.73 Å². The lowest BCUT2D eigenvalue weighted by molar-refractivity contribution is -0.384. The van der Waals surface area contributed by atoms with E-state index < -0.39 is 4.92 Å². The van der Waals surface area contributed by atoms with Gasteiger partial charge in [-0.1, -0.05) is 12.1 Å². The van der Waals surface area contributed by atoms with Crippen molar-refractivity contribution in [3.63, 3.8) is 0 Å². The van der Waals surface area contributed by atoms with Crippen molar-refractivity contribution < 1.29 is 4.92 Å². The lowest BCUT2D eigenvalue weighted by atomic mass is 10.1. The molecule has 0 atom stereocenters. The molecular weight excluding hydrogens is 336 g/mol. The number of halogens is 1. The van der Waals surface area contributed by atoms with E-state index >= 15 is 0 Å². The third kappa shape index (κ3) is 2.15. The molecule has 0 saturated carbocycles. The number of para-hydroxylation sites is 1. The number of nitro benzene ring substituents is 1. The second-order valence-electron chi connectivity index (χ2n) is 4.65. The van der Waals surface area contributed by atoms with Gasteiger partial charge in [-0.3, -0.25) is 14.5 Å². The summed E-state index contributed by atoms with van der Waals surface area (Å²) in [6.45, 7) is 1.94. The lowest BCUT2D eigenvalue weighted by Crippen LogP contribution is -1.97. The number of fused-ring (bicyclic) bond motifs is 1. The lowest BCUT2D eigenvalue weighted by Gasteiger charge is -2.02. The Morgan fingerprint density at radius 2 is 2.10 bits per heavy atom. The van der Waals surface area contributed by atoms with Crippen molar-refractivity contribution in [2.45, 2.75) is 6.92 Å². The van der Waals surface area contributed by atoms with Gasteiger partial charge >= 0.3 is 0 Å². The Hall–Kier alpha value is -2.41. The maximum Gasteiger partial charge on any atom is 0.278 e. The van der Waals surface area contributed by atoms with Crippen LogP contribution < -0.4 is 5.73 Å². The molecule has 106 valence electrons. The third-order valence-electron chi connectivity index (χ3n) is 3.30. The third-order valence-corrected chi connectivity index (χ3v) is 4.13. The number of imidazole rings is 1. The maximum atomic E-state index is 11.2. The summed E-state index contributed by atoms with van der Waals surface area (Å²) in [4.78, 5) is 15.2. The molecule has 6 nitrogen and oxygen atoms in total. The minimum Gasteiger partial charge on any atom is -0.383 e. The zero-order valence-electron chi connectivity index (χ0n) is 11.1. The van der Waals surface area contributed by atoms with Crippen LogP contribution in [0.5, 0.6) is 0 Å². The number of pyridine rings is 1. The highest BCUT2D eigenvalue weighted by Crippen LogP contribution is 2.34. The summed E-state index contributed by atoms with van der Waals surface area (Å²) in [5, 5.41) is 11.2. The minimum absolute atomic E-state index is 0.0107. The maximum absolute atomic E-state index is 11.2. The van der Waals surface area contributed by atoms with Gasteiger partial charge in [0.2, 0.25) is 0 Å². The van der Waals surface area contributed by atoms with Crippen LogP contribution >= 0.6 is 15.9 Å². The number of rotatable bonds is 2. The number of hydrogen-bond acceptors (Lipinski definition) is 4. The predicted octanol–water partition coefficient (Wildman–Crippen LogP) is 3.56. The van der Waals surface area contributed by atoms with E-state index in [1.165, 1.54) is 6.07 Å². The Labute approximate surface area is 128 Å². The highest BCUT2D eigenvalue weighted by atomic mass is 79.9. The molecule has 0 amide bonds. The Balaban J connectivity index is 2.32. The number of anilines is 1. The normalized spacial score (nSPS) is 11.0. The topological polar surface area (TPSA) is 86.5 Å². The van der Waals surface area contributed by atoms with Gasteiger partial charge in [-0.25, -0.2) is 4.98 Å². The molecule has 0 saturated heterocycles. The fraction of sp³-hybridized carbons (Fsp3) is 0.0714. The number of benzene rings is 1. The van der Waals surface area contributed by atoms with E-state index in [1.807, 2.05) is 19.2 Å². The number of nitrogens with two attached hydrogens (primary N) is 1. The summed E-state index contributed by atoms with van der Waals surface area (Å²) in [6.07, 6.45) is 1.81. The van der Waals surface area contributed by atoms with Crippen LogP contribution in [0.25, 0.3) is 16.9 Å². The SMILES string of the molecule is Cc1cc2nc(-c3ccccc3[N+](=O)[O-])c(N)n2cc1Br. The van der Waals surface area contributed by atoms with Gasteiger partial charge < -0.3 is 5.73 Å². The predicted molar refractivity (Wildman–Crippen MR) is 84.1 cm³/mol. The van der Waals surface area contributed by atoms with Gasteiger partial charge in [-0.05, 0) is 40.5 Å². The average molecular weight is 347 g/mol. The zero-order valence-corrected chi connectivity index (χ0v) is 12.7. The molecule has 0 unspecified atom stereocenters. The van der Waals surface area contributed by atoms with Gasteiger partial charge in [0.05, 0.1) is 10.5 Å². The summed E-state index contributed by atoms with van der Waals surface area (Å²) in [5.74, 6) is 0.375. The quantitative estimate of drug-likeness (QED) is 0.567. The van der Waals surface area contributed by atoms with Gasteiger partial charge in [0.15, 0.2) is 0 Å². The molecule has 2 aromatic heterocycles. The van der Waals surface area contributed by atoms with Gasteiger partial charge in [-0.2, -0.15) is 0 Å². The first-order chi connectivity index (χ1) is 9.99. The Morgan fingerprint density at radius 3 is 2.81 bits per heavy atom. The van der Waals surface area contributed by atoms with Crippen LogP contribution in [0.2, 0.25) is 0 Å². The molecule has 0 aliphatic heterocycles. The molecule has 21 heavy (non-hydrogen) atoms. The molecule has 3 aromatic rings. The van der Waals surface area contributed by atoms with E-state index in [2.05, 4.69) is 20.9 Å². The second-order valence-corrected chi connectivity index (χ2v) is 5.51. The van der Waals surface area contributed by atoms with Gasteiger partial charge in [0.1, 0.15) is 17.2 Å². The highest BCUT2D eigenvalue weighted by Gasteiger charge is 2.20. The van der Waals surface area contributed by atoms with Crippen LogP contribution in [-0.4, -0.2) is 14.3 Å². The van der Waals surface area contributed by atoms with Crippen LogP contribution in [0.1, 0.15) is 5.56 Å². The first-order valence-corrected chi connectivity index (χ1v) is 6.96.